The van der Waals surface area contributed by atoms with Crippen molar-refractivity contribution in [3.63, 3.8) is 0 Å². The molecule has 4 heterocycles. The van der Waals surface area contributed by atoms with Gasteiger partial charge in [-0.3, -0.25) is 9.35 Å². The molecule has 8 nitrogen and oxygen atoms in total. The zero-order chi connectivity index (χ0) is 25.7. The lowest BCUT2D eigenvalue weighted by Crippen LogP contribution is -2.49. The van der Waals surface area contributed by atoms with E-state index in [4.69, 9.17) is 23.2 Å². The fraction of sp³-hybridized carbons (Fsp3) is 0.381. The minimum Gasteiger partial charge on any atom is -0.336 e. The number of halogens is 5. The smallest absolute Gasteiger partial charge is 0.336 e. The normalized spacial score (nSPS) is 16.2. The first-order chi connectivity index (χ1) is 16.4. The van der Waals surface area contributed by atoms with Gasteiger partial charge < -0.3 is 9.47 Å². The topological polar surface area (TPSA) is 91.6 Å². The van der Waals surface area contributed by atoms with Crippen LogP contribution in [-0.2, 0) is 30.9 Å². The highest BCUT2D eigenvalue weighted by Crippen LogP contribution is 2.34. The number of fused-ring (bicyclic) bond motifs is 1. The number of aryl methyl sites for hydroxylation is 2. The molecule has 3 aromatic rings. The van der Waals surface area contributed by atoms with Crippen LogP contribution in [0.4, 0.5) is 13.2 Å². The van der Waals surface area contributed by atoms with E-state index in [9.17, 15) is 26.7 Å². The van der Waals surface area contributed by atoms with Crippen LogP contribution >= 0.6 is 23.2 Å². The average molecular weight is 550 g/mol. The second-order valence-electron chi connectivity index (χ2n) is 8.14. The number of pyridine rings is 2. The Hall–Kier alpha value is -2.25. The third-order valence-electron chi connectivity index (χ3n) is 5.99. The Morgan fingerprint density at radius 2 is 1.86 bits per heavy atom. The summed E-state index contributed by atoms with van der Waals surface area (Å²) < 4.78 is 63.0. The Labute approximate surface area is 211 Å². The molecule has 4 rings (SSSR count). The van der Waals surface area contributed by atoms with E-state index in [0.29, 0.717) is 22.2 Å². The molecule has 1 atom stereocenters. The summed E-state index contributed by atoms with van der Waals surface area (Å²) in [5, 5.41) is 0.717. The Balaban J connectivity index is 1.66. The standard InChI is InChI=1S/C21H20Cl2F3N5O3S/c1-11-7-16(21(24,25)26)28-19-13(11)8-12(29(19)2)9-14-17(22)15(10-27-18(14)23)20(32)30-3-5-31(6-4-30)35(33)34/h7-8,10H,3-6,9H2,1-2H3,(H,33,34). The molecule has 1 unspecified atom stereocenters. The van der Waals surface area contributed by atoms with E-state index >= 15 is 0 Å². The van der Waals surface area contributed by atoms with Crippen molar-refractivity contribution in [2.75, 3.05) is 26.2 Å². The number of carbonyl (C=O) groups excluding carboxylic acids is 1. The number of carbonyl (C=O) groups is 1. The van der Waals surface area contributed by atoms with Crippen LogP contribution in [0.25, 0.3) is 11.0 Å². The maximum Gasteiger partial charge on any atom is 0.433 e. The second-order valence-corrected chi connectivity index (χ2v) is 9.85. The number of hydrogen-bond acceptors (Lipinski definition) is 4. The van der Waals surface area contributed by atoms with Crippen molar-refractivity contribution in [3.8, 4) is 0 Å². The van der Waals surface area contributed by atoms with Crippen LogP contribution in [0.15, 0.2) is 18.3 Å². The third kappa shape index (κ3) is 5.03. The Morgan fingerprint density at radius 1 is 1.20 bits per heavy atom. The molecule has 0 radical (unpaired) electrons. The van der Waals surface area contributed by atoms with Gasteiger partial charge in [-0.1, -0.05) is 23.2 Å². The molecule has 1 aliphatic heterocycles. The van der Waals surface area contributed by atoms with Crippen molar-refractivity contribution >= 4 is 51.4 Å². The molecule has 14 heteroatoms. The number of alkyl halides is 3. The third-order valence-corrected chi connectivity index (χ3v) is 7.55. The predicted molar refractivity (Wildman–Crippen MR) is 126 cm³/mol. The van der Waals surface area contributed by atoms with Gasteiger partial charge in [0.1, 0.15) is 16.5 Å². The molecule has 1 aliphatic rings. The molecular formula is C21H20Cl2F3N5O3S. The minimum absolute atomic E-state index is 0.0676. The van der Waals surface area contributed by atoms with E-state index in [0.717, 1.165) is 6.07 Å². The van der Waals surface area contributed by atoms with E-state index in [1.807, 2.05) is 0 Å². The van der Waals surface area contributed by atoms with Crippen LogP contribution in [0.2, 0.25) is 10.2 Å². The lowest BCUT2D eigenvalue weighted by molar-refractivity contribution is -0.141. The van der Waals surface area contributed by atoms with Gasteiger partial charge in [0, 0.05) is 62.5 Å². The first kappa shape index (κ1) is 25.8. The van der Waals surface area contributed by atoms with Gasteiger partial charge in [-0.2, -0.15) is 17.5 Å². The molecule has 0 aromatic carbocycles. The van der Waals surface area contributed by atoms with Crippen molar-refractivity contribution < 1.29 is 26.7 Å². The van der Waals surface area contributed by atoms with Crippen LogP contribution in [0.1, 0.15) is 32.9 Å². The van der Waals surface area contributed by atoms with Gasteiger partial charge in [0.25, 0.3) is 5.91 Å². The van der Waals surface area contributed by atoms with Crippen molar-refractivity contribution in [1.82, 2.24) is 23.7 Å². The summed E-state index contributed by atoms with van der Waals surface area (Å²) in [6, 6.07) is 2.71. The van der Waals surface area contributed by atoms with Gasteiger partial charge in [0.15, 0.2) is 0 Å². The molecule has 0 aliphatic carbocycles. The molecule has 1 saturated heterocycles. The fourth-order valence-corrected chi connectivity index (χ4v) is 5.04. The van der Waals surface area contributed by atoms with Gasteiger partial charge in [-0.15, -0.1) is 0 Å². The summed E-state index contributed by atoms with van der Waals surface area (Å²) in [7, 11) is 1.60. The second kappa shape index (κ2) is 9.66. The van der Waals surface area contributed by atoms with Gasteiger partial charge in [-0.25, -0.2) is 14.2 Å². The van der Waals surface area contributed by atoms with Crippen LogP contribution in [-0.4, -0.2) is 64.6 Å². The number of hydrogen-bond donors (Lipinski definition) is 1. The van der Waals surface area contributed by atoms with Crippen molar-refractivity contribution in [2.24, 2.45) is 7.05 Å². The number of piperazine rings is 1. The maximum atomic E-state index is 13.2. The maximum absolute atomic E-state index is 13.2. The Kier molecular flexibility index (Phi) is 7.13. The zero-order valence-electron chi connectivity index (χ0n) is 18.6. The van der Waals surface area contributed by atoms with Gasteiger partial charge >= 0.3 is 6.18 Å². The van der Waals surface area contributed by atoms with Crippen molar-refractivity contribution in [1.29, 1.82) is 0 Å². The average Bonchev–Trinajstić information content (AvgIpc) is 3.11. The largest absolute Gasteiger partial charge is 0.433 e. The van der Waals surface area contributed by atoms with E-state index in [-0.39, 0.29) is 54.0 Å². The SMILES string of the molecule is Cc1cc(C(F)(F)F)nc2c1cc(Cc1c(Cl)ncc(C(=O)N3CCN(S(=O)O)CC3)c1Cl)n2C. The number of rotatable bonds is 4. The Bertz CT molecular complexity index is 1340. The first-order valence-electron chi connectivity index (χ1n) is 10.4. The first-order valence-corrected chi connectivity index (χ1v) is 12.2. The lowest BCUT2D eigenvalue weighted by Gasteiger charge is -2.32. The van der Waals surface area contributed by atoms with E-state index in [1.165, 1.54) is 20.0 Å². The van der Waals surface area contributed by atoms with Crippen LogP contribution in [0, 0.1) is 6.92 Å². The molecule has 0 spiro atoms. The molecule has 0 bridgehead atoms. The van der Waals surface area contributed by atoms with Crippen LogP contribution in [0.5, 0.6) is 0 Å². The van der Waals surface area contributed by atoms with Gasteiger partial charge in [-0.05, 0) is 24.6 Å². The quantitative estimate of drug-likeness (QED) is 0.391. The number of aromatic nitrogens is 3. The molecule has 35 heavy (non-hydrogen) atoms. The molecule has 3 aromatic heterocycles. The van der Waals surface area contributed by atoms with Crippen LogP contribution in [0.3, 0.4) is 0 Å². The number of nitrogens with zero attached hydrogens (tertiary/aromatic N) is 5. The monoisotopic (exact) mass is 549 g/mol. The lowest BCUT2D eigenvalue weighted by atomic mass is 10.1. The molecule has 0 saturated carbocycles. The number of amides is 1. The summed E-state index contributed by atoms with van der Waals surface area (Å²) in [4.78, 5) is 22.5. The minimum atomic E-state index is -4.58. The molecule has 1 fully saturated rings. The zero-order valence-corrected chi connectivity index (χ0v) is 20.9. The summed E-state index contributed by atoms with van der Waals surface area (Å²) in [6.45, 7) is 2.49. The highest BCUT2D eigenvalue weighted by atomic mass is 35.5. The Morgan fingerprint density at radius 3 is 2.46 bits per heavy atom. The fourth-order valence-electron chi connectivity index (χ4n) is 4.02. The van der Waals surface area contributed by atoms with Gasteiger partial charge in [0.2, 0.25) is 11.3 Å². The molecule has 1 N–H and O–H groups in total. The molecular weight excluding hydrogens is 530 g/mol. The van der Waals surface area contributed by atoms with E-state index in [1.54, 1.807) is 20.0 Å². The molecule has 188 valence electrons. The van der Waals surface area contributed by atoms with Crippen molar-refractivity contribution in [3.05, 3.63) is 56.6 Å². The summed E-state index contributed by atoms with van der Waals surface area (Å²) in [5.41, 5.74) is 0.672. The predicted octanol–water partition coefficient (Wildman–Crippen LogP) is 4.09. The van der Waals surface area contributed by atoms with Crippen LogP contribution < -0.4 is 0 Å². The summed E-state index contributed by atoms with van der Waals surface area (Å²) in [6.07, 6.45) is -3.20. The van der Waals surface area contributed by atoms with Crippen molar-refractivity contribution in [2.45, 2.75) is 19.5 Å². The van der Waals surface area contributed by atoms with E-state index < -0.39 is 29.0 Å². The highest BCUT2D eigenvalue weighted by molar-refractivity contribution is 7.76. The summed E-state index contributed by atoms with van der Waals surface area (Å²) in [5.74, 6) is -0.395. The highest BCUT2D eigenvalue weighted by Gasteiger charge is 2.34. The summed E-state index contributed by atoms with van der Waals surface area (Å²) >= 11 is 10.8. The molecule has 1 amide bonds. The van der Waals surface area contributed by atoms with E-state index in [2.05, 4.69) is 9.97 Å². The van der Waals surface area contributed by atoms with Gasteiger partial charge in [0.05, 0.1) is 10.6 Å².